The fourth-order valence-corrected chi connectivity index (χ4v) is 3.03. The lowest BCUT2D eigenvalue weighted by molar-refractivity contribution is -0.117. The highest BCUT2D eigenvalue weighted by Crippen LogP contribution is 2.19. The van der Waals surface area contributed by atoms with Gasteiger partial charge in [-0.25, -0.2) is 0 Å². The van der Waals surface area contributed by atoms with Crippen LogP contribution in [-0.2, 0) is 11.4 Å². The summed E-state index contributed by atoms with van der Waals surface area (Å²) >= 11 is 0. The van der Waals surface area contributed by atoms with Crippen LogP contribution < -0.4 is 10.1 Å². The average molecular weight is 338 g/mol. The molecule has 1 heterocycles. The van der Waals surface area contributed by atoms with Gasteiger partial charge >= 0.3 is 0 Å². The Hall–Kier alpha value is -2.33. The number of nitrogens with one attached hydrogen (secondary N) is 1. The van der Waals surface area contributed by atoms with Gasteiger partial charge in [0.15, 0.2) is 0 Å². The van der Waals surface area contributed by atoms with E-state index in [1.807, 2.05) is 54.6 Å². The molecule has 1 N–H and O–H groups in total. The zero-order valence-corrected chi connectivity index (χ0v) is 14.8. The number of piperidine rings is 1. The maximum atomic E-state index is 12.3. The third-order valence-electron chi connectivity index (χ3n) is 4.61. The van der Waals surface area contributed by atoms with Gasteiger partial charge in [0.1, 0.15) is 12.4 Å². The number of benzene rings is 2. The molecule has 1 amide bonds. The molecule has 0 unspecified atom stereocenters. The standard InChI is InChI=1S/C21H26N2O2/c1-17-10-12-23(13-11-17)15-21(24)22-19-8-5-9-20(14-19)25-16-18-6-3-2-4-7-18/h2-9,14,17H,10-13,15-16H2,1H3,(H,22,24). The van der Waals surface area contributed by atoms with Gasteiger partial charge in [0, 0.05) is 11.8 Å². The molecule has 1 aliphatic heterocycles. The SMILES string of the molecule is CC1CCN(CC(=O)Nc2cccc(OCc3ccccc3)c2)CC1. The van der Waals surface area contributed by atoms with E-state index in [2.05, 4.69) is 17.1 Å². The highest BCUT2D eigenvalue weighted by Gasteiger charge is 2.17. The smallest absolute Gasteiger partial charge is 0.238 e. The summed E-state index contributed by atoms with van der Waals surface area (Å²) in [6, 6.07) is 17.6. The largest absolute Gasteiger partial charge is 0.489 e. The van der Waals surface area contributed by atoms with Crippen molar-refractivity contribution in [1.82, 2.24) is 4.90 Å². The van der Waals surface area contributed by atoms with E-state index >= 15 is 0 Å². The van der Waals surface area contributed by atoms with Crippen LogP contribution in [0.5, 0.6) is 5.75 Å². The number of amides is 1. The van der Waals surface area contributed by atoms with E-state index in [-0.39, 0.29) is 5.91 Å². The van der Waals surface area contributed by atoms with Crippen molar-refractivity contribution in [1.29, 1.82) is 0 Å². The molecule has 4 nitrogen and oxygen atoms in total. The van der Waals surface area contributed by atoms with Gasteiger partial charge < -0.3 is 10.1 Å². The van der Waals surface area contributed by atoms with Crippen molar-refractivity contribution in [2.45, 2.75) is 26.4 Å². The second-order valence-corrected chi connectivity index (χ2v) is 6.81. The molecule has 0 radical (unpaired) electrons. The lowest BCUT2D eigenvalue weighted by atomic mass is 9.99. The van der Waals surface area contributed by atoms with Gasteiger partial charge in [0.2, 0.25) is 5.91 Å². The van der Waals surface area contributed by atoms with E-state index in [9.17, 15) is 4.79 Å². The molecule has 4 heteroatoms. The minimum Gasteiger partial charge on any atom is -0.489 e. The second-order valence-electron chi connectivity index (χ2n) is 6.81. The molecule has 1 aliphatic rings. The second kappa shape index (κ2) is 8.67. The third kappa shape index (κ3) is 5.61. The number of likely N-dealkylation sites (tertiary alicyclic amines) is 1. The summed E-state index contributed by atoms with van der Waals surface area (Å²) < 4.78 is 5.81. The van der Waals surface area contributed by atoms with Crippen LogP contribution in [0.2, 0.25) is 0 Å². The topological polar surface area (TPSA) is 41.6 Å². The predicted molar refractivity (Wildman–Crippen MR) is 101 cm³/mol. The van der Waals surface area contributed by atoms with Gasteiger partial charge in [-0.15, -0.1) is 0 Å². The Balaban J connectivity index is 1.50. The van der Waals surface area contributed by atoms with Crippen LogP contribution in [0.4, 0.5) is 5.69 Å². The van der Waals surface area contributed by atoms with Gasteiger partial charge in [-0.1, -0.05) is 43.3 Å². The summed E-state index contributed by atoms with van der Waals surface area (Å²) in [6.45, 7) is 5.27. The number of nitrogens with zero attached hydrogens (tertiary/aromatic N) is 1. The average Bonchev–Trinajstić information content (AvgIpc) is 2.63. The lowest BCUT2D eigenvalue weighted by Crippen LogP contribution is -2.38. The Morgan fingerprint density at radius 1 is 1.12 bits per heavy atom. The molecule has 0 atom stereocenters. The monoisotopic (exact) mass is 338 g/mol. The maximum Gasteiger partial charge on any atom is 0.238 e. The summed E-state index contributed by atoms with van der Waals surface area (Å²) in [4.78, 5) is 14.5. The summed E-state index contributed by atoms with van der Waals surface area (Å²) in [5.74, 6) is 1.57. The van der Waals surface area contributed by atoms with Crippen molar-refractivity contribution in [3.05, 3.63) is 60.2 Å². The molecule has 2 aromatic rings. The van der Waals surface area contributed by atoms with Crippen LogP contribution in [0.25, 0.3) is 0 Å². The van der Waals surface area contributed by atoms with Crippen molar-refractivity contribution < 1.29 is 9.53 Å². The van der Waals surface area contributed by atoms with E-state index in [0.29, 0.717) is 13.2 Å². The molecule has 2 aromatic carbocycles. The molecule has 1 fully saturated rings. The Bertz CT molecular complexity index is 679. The normalized spacial score (nSPS) is 15.7. The summed E-state index contributed by atoms with van der Waals surface area (Å²) in [5.41, 5.74) is 1.90. The number of carbonyl (C=O) groups excluding carboxylic acids is 1. The molecule has 0 aromatic heterocycles. The molecular weight excluding hydrogens is 312 g/mol. The maximum absolute atomic E-state index is 12.3. The molecule has 0 saturated carbocycles. The fourth-order valence-electron chi connectivity index (χ4n) is 3.03. The lowest BCUT2D eigenvalue weighted by Gasteiger charge is -2.29. The molecule has 0 spiro atoms. The minimum absolute atomic E-state index is 0.0368. The first-order valence-corrected chi connectivity index (χ1v) is 8.98. The van der Waals surface area contributed by atoms with E-state index in [4.69, 9.17) is 4.74 Å². The summed E-state index contributed by atoms with van der Waals surface area (Å²) in [6.07, 6.45) is 2.35. The van der Waals surface area contributed by atoms with E-state index in [0.717, 1.165) is 36.0 Å². The minimum atomic E-state index is 0.0368. The van der Waals surface area contributed by atoms with Crippen molar-refractivity contribution >= 4 is 11.6 Å². The summed E-state index contributed by atoms with van der Waals surface area (Å²) in [5, 5.41) is 2.98. The quantitative estimate of drug-likeness (QED) is 0.867. The fraction of sp³-hybridized carbons (Fsp3) is 0.381. The molecule has 3 rings (SSSR count). The van der Waals surface area contributed by atoms with Crippen LogP contribution >= 0.6 is 0 Å². The number of carbonyl (C=O) groups is 1. The predicted octanol–water partition coefficient (Wildman–Crippen LogP) is 3.94. The van der Waals surface area contributed by atoms with Gasteiger partial charge in [0.25, 0.3) is 0 Å². The van der Waals surface area contributed by atoms with Crippen LogP contribution in [-0.4, -0.2) is 30.4 Å². The number of hydrogen-bond donors (Lipinski definition) is 1. The summed E-state index contributed by atoms with van der Waals surface area (Å²) in [7, 11) is 0. The van der Waals surface area contributed by atoms with Crippen molar-refractivity contribution in [2.24, 2.45) is 5.92 Å². The molecule has 132 valence electrons. The third-order valence-corrected chi connectivity index (χ3v) is 4.61. The first kappa shape index (κ1) is 17.5. The van der Waals surface area contributed by atoms with Crippen LogP contribution in [0, 0.1) is 5.92 Å². The number of hydrogen-bond acceptors (Lipinski definition) is 3. The van der Waals surface area contributed by atoms with Gasteiger partial charge in [-0.05, 0) is 49.5 Å². The van der Waals surface area contributed by atoms with Crippen LogP contribution in [0.3, 0.4) is 0 Å². The first-order chi connectivity index (χ1) is 12.2. The number of ether oxygens (including phenoxy) is 1. The van der Waals surface area contributed by atoms with E-state index in [1.165, 1.54) is 12.8 Å². The molecule has 1 saturated heterocycles. The Morgan fingerprint density at radius 2 is 1.88 bits per heavy atom. The van der Waals surface area contributed by atoms with Gasteiger partial charge in [0.05, 0.1) is 6.54 Å². The molecule has 25 heavy (non-hydrogen) atoms. The Morgan fingerprint density at radius 3 is 2.64 bits per heavy atom. The van der Waals surface area contributed by atoms with Crippen LogP contribution in [0.15, 0.2) is 54.6 Å². The van der Waals surface area contributed by atoms with Gasteiger partial charge in [-0.2, -0.15) is 0 Å². The molecular formula is C21H26N2O2. The van der Waals surface area contributed by atoms with Crippen LogP contribution in [0.1, 0.15) is 25.3 Å². The number of rotatable bonds is 6. The zero-order valence-electron chi connectivity index (χ0n) is 14.8. The van der Waals surface area contributed by atoms with Crippen molar-refractivity contribution in [3.63, 3.8) is 0 Å². The van der Waals surface area contributed by atoms with Gasteiger partial charge in [-0.3, -0.25) is 9.69 Å². The van der Waals surface area contributed by atoms with E-state index in [1.54, 1.807) is 0 Å². The highest BCUT2D eigenvalue weighted by molar-refractivity contribution is 5.92. The van der Waals surface area contributed by atoms with E-state index < -0.39 is 0 Å². The van der Waals surface area contributed by atoms with Crippen molar-refractivity contribution in [2.75, 3.05) is 25.0 Å². The first-order valence-electron chi connectivity index (χ1n) is 8.98. The molecule has 0 aliphatic carbocycles. The van der Waals surface area contributed by atoms with Crippen molar-refractivity contribution in [3.8, 4) is 5.75 Å². The zero-order chi connectivity index (χ0) is 17.5. The molecule has 0 bridgehead atoms. The Labute approximate surface area is 149 Å². The highest BCUT2D eigenvalue weighted by atomic mass is 16.5. The Kier molecular flexibility index (Phi) is 6.07. The number of anilines is 1.